The summed E-state index contributed by atoms with van der Waals surface area (Å²) in [6.45, 7) is 0. The van der Waals surface area contributed by atoms with E-state index in [0.717, 1.165) is 17.3 Å². The minimum Gasteiger partial charge on any atom is -0.489 e. The molecular weight excluding hydrogens is 360 g/mol. The second-order valence-corrected chi connectivity index (χ2v) is 8.55. The first-order valence-electron chi connectivity index (χ1n) is 6.65. The van der Waals surface area contributed by atoms with Crippen LogP contribution in [0.5, 0.6) is 5.75 Å². The molecule has 0 radical (unpaired) electrons. The molecule has 2 unspecified atom stereocenters. The van der Waals surface area contributed by atoms with Gasteiger partial charge in [0.25, 0.3) is 0 Å². The van der Waals surface area contributed by atoms with Crippen LogP contribution in [0.1, 0.15) is 36.0 Å². The van der Waals surface area contributed by atoms with Gasteiger partial charge in [-0.1, -0.05) is 15.9 Å². The summed E-state index contributed by atoms with van der Waals surface area (Å²) in [5.74, 6) is -0.788. The van der Waals surface area contributed by atoms with Crippen molar-refractivity contribution in [2.75, 3.05) is 6.26 Å². The number of halogens is 1. The van der Waals surface area contributed by atoms with Crippen LogP contribution in [0.4, 0.5) is 0 Å². The van der Waals surface area contributed by atoms with E-state index in [2.05, 4.69) is 15.9 Å². The number of aromatic carboxylic acids is 1. The van der Waals surface area contributed by atoms with Crippen LogP contribution in [0.2, 0.25) is 0 Å². The Hall–Kier alpha value is -1.08. The van der Waals surface area contributed by atoms with Crippen molar-refractivity contribution < 1.29 is 23.1 Å². The fraction of sp³-hybridized carbons (Fsp3) is 0.500. The molecule has 21 heavy (non-hydrogen) atoms. The molecule has 5 nitrogen and oxygen atoms in total. The lowest BCUT2D eigenvalue weighted by Gasteiger charge is -2.29. The van der Waals surface area contributed by atoms with Gasteiger partial charge >= 0.3 is 5.97 Å². The van der Waals surface area contributed by atoms with E-state index >= 15 is 0 Å². The summed E-state index contributed by atoms with van der Waals surface area (Å²) in [5.41, 5.74) is 0.0830. The normalized spacial score (nSPS) is 22.8. The molecule has 1 saturated carbocycles. The standard InChI is InChI=1S/C14H17BrO5S/c1-21(18,19)11-4-2-3-10(8-11)20-13-7-9(15)5-6-12(13)14(16)17/h5-7,10-11H,2-4,8H2,1H3,(H,16,17). The molecule has 0 amide bonds. The molecular formula is C14H17BrO5S. The van der Waals surface area contributed by atoms with Crippen molar-refractivity contribution in [1.29, 1.82) is 0 Å². The number of benzene rings is 1. The molecule has 1 fully saturated rings. The number of carboxylic acids is 1. The van der Waals surface area contributed by atoms with Gasteiger partial charge in [0, 0.05) is 17.1 Å². The van der Waals surface area contributed by atoms with Crippen molar-refractivity contribution in [3.05, 3.63) is 28.2 Å². The summed E-state index contributed by atoms with van der Waals surface area (Å²) in [6.07, 6.45) is 3.51. The van der Waals surface area contributed by atoms with E-state index in [-0.39, 0.29) is 17.4 Å². The van der Waals surface area contributed by atoms with Crippen LogP contribution >= 0.6 is 15.9 Å². The van der Waals surface area contributed by atoms with Crippen LogP contribution in [0, 0.1) is 0 Å². The molecule has 2 atom stereocenters. The first kappa shape index (κ1) is 16.3. The van der Waals surface area contributed by atoms with E-state index in [4.69, 9.17) is 4.74 Å². The lowest BCUT2D eigenvalue weighted by molar-refractivity contribution is 0.0686. The van der Waals surface area contributed by atoms with Crippen molar-refractivity contribution in [1.82, 2.24) is 0 Å². The Kier molecular flexibility index (Phi) is 4.93. The monoisotopic (exact) mass is 376 g/mol. The molecule has 0 heterocycles. The van der Waals surface area contributed by atoms with Crippen LogP contribution in [-0.4, -0.2) is 37.1 Å². The van der Waals surface area contributed by atoms with Crippen LogP contribution in [0.3, 0.4) is 0 Å². The van der Waals surface area contributed by atoms with E-state index in [1.54, 1.807) is 12.1 Å². The molecule has 1 N–H and O–H groups in total. The number of hydrogen-bond donors (Lipinski definition) is 1. The maximum atomic E-state index is 11.7. The second kappa shape index (κ2) is 6.36. The minimum absolute atomic E-state index is 0.0830. The highest BCUT2D eigenvalue weighted by Gasteiger charge is 2.30. The van der Waals surface area contributed by atoms with Gasteiger partial charge in [-0.2, -0.15) is 0 Å². The largest absolute Gasteiger partial charge is 0.489 e. The van der Waals surface area contributed by atoms with Crippen molar-refractivity contribution in [2.24, 2.45) is 0 Å². The maximum Gasteiger partial charge on any atom is 0.339 e. The van der Waals surface area contributed by atoms with Crippen LogP contribution in [-0.2, 0) is 9.84 Å². The van der Waals surface area contributed by atoms with Crippen molar-refractivity contribution >= 4 is 31.7 Å². The van der Waals surface area contributed by atoms with Gasteiger partial charge in [0.1, 0.15) is 21.2 Å². The molecule has 0 bridgehead atoms. The number of carbonyl (C=O) groups is 1. The van der Waals surface area contributed by atoms with E-state index in [0.29, 0.717) is 12.8 Å². The lowest BCUT2D eigenvalue weighted by Crippen LogP contribution is -2.33. The highest BCUT2D eigenvalue weighted by Crippen LogP contribution is 2.30. The summed E-state index contributed by atoms with van der Waals surface area (Å²) in [6, 6.07) is 4.71. The lowest BCUT2D eigenvalue weighted by atomic mass is 9.97. The Morgan fingerprint density at radius 1 is 1.38 bits per heavy atom. The van der Waals surface area contributed by atoms with E-state index in [1.807, 2.05) is 0 Å². The summed E-state index contributed by atoms with van der Waals surface area (Å²) < 4.78 is 29.8. The topological polar surface area (TPSA) is 80.7 Å². The second-order valence-electron chi connectivity index (χ2n) is 5.30. The summed E-state index contributed by atoms with van der Waals surface area (Å²) in [4.78, 5) is 11.2. The van der Waals surface area contributed by atoms with E-state index in [9.17, 15) is 18.3 Å². The third-order valence-electron chi connectivity index (χ3n) is 3.65. The first-order chi connectivity index (χ1) is 9.77. The molecule has 1 aromatic rings. The third-order valence-corrected chi connectivity index (χ3v) is 5.78. The maximum absolute atomic E-state index is 11.7. The third kappa shape index (κ3) is 4.20. The number of sulfone groups is 1. The van der Waals surface area contributed by atoms with Gasteiger partial charge in [0.15, 0.2) is 0 Å². The Morgan fingerprint density at radius 3 is 2.71 bits per heavy atom. The number of carboxylic acid groups (broad SMARTS) is 1. The highest BCUT2D eigenvalue weighted by molar-refractivity contribution is 9.10. The Morgan fingerprint density at radius 2 is 2.10 bits per heavy atom. The van der Waals surface area contributed by atoms with Crippen LogP contribution in [0.25, 0.3) is 0 Å². The number of rotatable bonds is 4. The summed E-state index contributed by atoms with van der Waals surface area (Å²) in [5, 5.41) is 8.77. The van der Waals surface area contributed by atoms with Crippen molar-refractivity contribution in [3.8, 4) is 5.75 Å². The SMILES string of the molecule is CS(=O)(=O)C1CCCC(Oc2cc(Br)ccc2C(=O)O)C1. The average Bonchev–Trinajstić information content (AvgIpc) is 2.37. The van der Waals surface area contributed by atoms with Crippen LogP contribution in [0.15, 0.2) is 22.7 Å². The summed E-state index contributed by atoms with van der Waals surface area (Å²) >= 11 is 3.29. The predicted octanol–water partition coefficient (Wildman–Crippen LogP) is 2.88. The molecule has 0 saturated heterocycles. The van der Waals surface area contributed by atoms with Crippen molar-refractivity contribution in [2.45, 2.75) is 37.0 Å². The Balaban J connectivity index is 2.18. The molecule has 1 aliphatic rings. The average molecular weight is 377 g/mol. The molecule has 7 heteroatoms. The minimum atomic E-state index is -3.09. The van der Waals surface area contributed by atoms with Crippen LogP contribution < -0.4 is 4.74 Å². The van der Waals surface area contributed by atoms with Gasteiger partial charge in [0.2, 0.25) is 0 Å². The van der Waals surface area contributed by atoms with Gasteiger partial charge in [-0.15, -0.1) is 0 Å². The van der Waals surface area contributed by atoms with Gasteiger partial charge < -0.3 is 9.84 Å². The van der Waals surface area contributed by atoms with Gasteiger partial charge in [-0.3, -0.25) is 0 Å². The van der Waals surface area contributed by atoms with E-state index < -0.39 is 21.1 Å². The molecule has 0 spiro atoms. The fourth-order valence-corrected chi connectivity index (χ4v) is 4.05. The smallest absolute Gasteiger partial charge is 0.339 e. The van der Waals surface area contributed by atoms with Gasteiger partial charge in [-0.05, 0) is 37.5 Å². The molecule has 1 aliphatic carbocycles. The first-order valence-corrected chi connectivity index (χ1v) is 9.40. The zero-order chi connectivity index (χ0) is 15.6. The Labute approximate surface area is 132 Å². The van der Waals surface area contributed by atoms with Crippen molar-refractivity contribution in [3.63, 3.8) is 0 Å². The highest BCUT2D eigenvalue weighted by atomic mass is 79.9. The zero-order valence-corrected chi connectivity index (χ0v) is 14.0. The quantitative estimate of drug-likeness (QED) is 0.873. The van der Waals surface area contributed by atoms with Gasteiger partial charge in [0.05, 0.1) is 11.4 Å². The van der Waals surface area contributed by atoms with E-state index in [1.165, 1.54) is 12.3 Å². The predicted molar refractivity (Wildman–Crippen MR) is 82.6 cm³/mol. The Bertz CT molecular complexity index is 641. The number of hydrogen-bond acceptors (Lipinski definition) is 4. The molecule has 1 aromatic carbocycles. The zero-order valence-electron chi connectivity index (χ0n) is 11.6. The molecule has 116 valence electrons. The number of ether oxygens (including phenoxy) is 1. The molecule has 0 aromatic heterocycles. The fourth-order valence-electron chi connectivity index (χ4n) is 2.55. The van der Waals surface area contributed by atoms with Gasteiger partial charge in [-0.25, -0.2) is 13.2 Å². The molecule has 2 rings (SSSR count). The molecule has 0 aliphatic heterocycles. The summed E-state index contributed by atoms with van der Waals surface area (Å²) in [7, 11) is -3.09.